The highest BCUT2D eigenvalue weighted by molar-refractivity contribution is 5.78. The minimum atomic E-state index is -0.172. The minimum absolute atomic E-state index is 0.119. The molecule has 2 heterocycles. The van der Waals surface area contributed by atoms with E-state index in [0.717, 1.165) is 42.3 Å². The van der Waals surface area contributed by atoms with E-state index in [0.29, 0.717) is 0 Å². The van der Waals surface area contributed by atoms with Gasteiger partial charge in [0.25, 0.3) is 0 Å². The molecule has 0 aliphatic carbocycles. The van der Waals surface area contributed by atoms with E-state index in [9.17, 15) is 4.79 Å². The van der Waals surface area contributed by atoms with E-state index < -0.39 is 0 Å². The number of piperidine rings is 1. The number of hydrogen-bond acceptors (Lipinski definition) is 3. The first-order chi connectivity index (χ1) is 12.0. The molecular formula is C20H29N3O2. The molecule has 3 rings (SSSR count). The monoisotopic (exact) mass is 343 g/mol. The maximum atomic E-state index is 12.3. The van der Waals surface area contributed by atoms with Crippen molar-refractivity contribution >= 4 is 17.0 Å². The maximum Gasteiger partial charge on any atom is 0.315 e. The van der Waals surface area contributed by atoms with E-state index >= 15 is 0 Å². The van der Waals surface area contributed by atoms with Crippen LogP contribution in [0.2, 0.25) is 0 Å². The number of para-hydroxylation sites is 1. The number of furan rings is 1. The third-order valence-corrected chi connectivity index (χ3v) is 4.87. The summed E-state index contributed by atoms with van der Waals surface area (Å²) in [7, 11) is 0. The summed E-state index contributed by atoms with van der Waals surface area (Å²) in [6.07, 6.45) is 2.57. The topological polar surface area (TPSA) is 57.5 Å². The molecule has 0 bridgehead atoms. The van der Waals surface area contributed by atoms with Crippen molar-refractivity contribution in [1.82, 2.24) is 15.5 Å². The minimum Gasteiger partial charge on any atom is -0.459 e. The number of rotatable bonds is 5. The van der Waals surface area contributed by atoms with Gasteiger partial charge in [0.05, 0.1) is 6.04 Å². The second-order valence-electron chi connectivity index (χ2n) is 7.43. The molecule has 5 nitrogen and oxygen atoms in total. The molecule has 2 amide bonds. The molecule has 3 unspecified atom stereocenters. The first-order valence-electron chi connectivity index (χ1n) is 9.29. The van der Waals surface area contributed by atoms with E-state index in [4.69, 9.17) is 4.42 Å². The summed E-state index contributed by atoms with van der Waals surface area (Å²) in [6.45, 7) is 9.46. The quantitative estimate of drug-likeness (QED) is 0.865. The van der Waals surface area contributed by atoms with Crippen LogP contribution in [0.25, 0.3) is 11.0 Å². The Morgan fingerprint density at radius 1 is 1.32 bits per heavy atom. The lowest BCUT2D eigenvalue weighted by atomic mass is 10.00. The zero-order valence-electron chi connectivity index (χ0n) is 15.4. The summed E-state index contributed by atoms with van der Waals surface area (Å²) in [5.41, 5.74) is 0.846. The third kappa shape index (κ3) is 4.75. The van der Waals surface area contributed by atoms with E-state index in [-0.39, 0.29) is 18.1 Å². The summed E-state index contributed by atoms with van der Waals surface area (Å²) in [5.74, 6) is 1.52. The molecule has 1 aromatic heterocycles. The Labute approximate surface area is 149 Å². The maximum absolute atomic E-state index is 12.3. The van der Waals surface area contributed by atoms with Crippen LogP contribution < -0.4 is 10.6 Å². The number of carbonyl (C=O) groups is 1. The molecule has 0 spiro atoms. The summed E-state index contributed by atoms with van der Waals surface area (Å²) < 4.78 is 5.82. The highest BCUT2D eigenvalue weighted by atomic mass is 16.3. The number of nitrogens with zero attached hydrogens (tertiary/aromatic N) is 1. The van der Waals surface area contributed by atoms with Crippen LogP contribution in [0.1, 0.15) is 45.4 Å². The normalized spacial score (nSPS) is 21.0. The van der Waals surface area contributed by atoms with Gasteiger partial charge in [-0.05, 0) is 51.3 Å². The van der Waals surface area contributed by atoms with Crippen molar-refractivity contribution in [2.45, 2.75) is 45.7 Å². The van der Waals surface area contributed by atoms with Crippen LogP contribution >= 0.6 is 0 Å². The lowest BCUT2D eigenvalue weighted by molar-refractivity contribution is 0.169. The van der Waals surface area contributed by atoms with Gasteiger partial charge in [-0.25, -0.2) is 4.79 Å². The molecule has 2 aromatic rings. The van der Waals surface area contributed by atoms with Gasteiger partial charge in [0.2, 0.25) is 0 Å². The molecule has 2 N–H and O–H groups in total. The second kappa shape index (κ2) is 7.91. The lowest BCUT2D eigenvalue weighted by Gasteiger charge is -2.32. The molecule has 1 aliphatic rings. The van der Waals surface area contributed by atoms with Crippen LogP contribution in [0.5, 0.6) is 0 Å². The fourth-order valence-corrected chi connectivity index (χ4v) is 3.63. The van der Waals surface area contributed by atoms with Crippen LogP contribution in [0.4, 0.5) is 4.79 Å². The smallest absolute Gasteiger partial charge is 0.315 e. The molecule has 5 heteroatoms. The Morgan fingerprint density at radius 2 is 2.12 bits per heavy atom. The van der Waals surface area contributed by atoms with Crippen LogP contribution in [-0.4, -0.2) is 36.6 Å². The number of hydrogen-bond donors (Lipinski definition) is 2. The number of benzene rings is 1. The van der Waals surface area contributed by atoms with E-state index in [1.807, 2.05) is 37.3 Å². The number of carbonyl (C=O) groups excluding carboxylic acids is 1. The summed E-state index contributed by atoms with van der Waals surface area (Å²) in [5, 5.41) is 7.07. The van der Waals surface area contributed by atoms with Crippen molar-refractivity contribution in [2.24, 2.45) is 5.92 Å². The molecule has 1 fully saturated rings. The molecule has 25 heavy (non-hydrogen) atoms. The van der Waals surface area contributed by atoms with Gasteiger partial charge in [-0.1, -0.05) is 25.1 Å². The van der Waals surface area contributed by atoms with Crippen molar-refractivity contribution in [3.63, 3.8) is 0 Å². The fraction of sp³-hybridized carbons (Fsp3) is 0.550. The third-order valence-electron chi connectivity index (χ3n) is 4.87. The van der Waals surface area contributed by atoms with Crippen LogP contribution in [0, 0.1) is 5.92 Å². The standard InChI is InChI=1S/C20H29N3O2/c1-14-7-6-10-23(12-14)13-15(2)21-20(24)22-16(3)19-11-17-8-4-5-9-18(17)25-19/h4-5,8-9,11,14-16H,6-7,10,12-13H2,1-3H3,(H2,21,22,24). The number of nitrogens with one attached hydrogen (secondary N) is 2. The lowest BCUT2D eigenvalue weighted by Crippen LogP contribution is -2.48. The zero-order chi connectivity index (χ0) is 17.8. The van der Waals surface area contributed by atoms with Crippen LogP contribution in [0.3, 0.4) is 0 Å². The predicted octanol–water partition coefficient (Wildman–Crippen LogP) is 3.91. The predicted molar refractivity (Wildman–Crippen MR) is 101 cm³/mol. The van der Waals surface area contributed by atoms with Crippen LogP contribution in [0.15, 0.2) is 34.7 Å². The molecular weight excluding hydrogens is 314 g/mol. The van der Waals surface area contributed by atoms with Crippen LogP contribution in [-0.2, 0) is 0 Å². The highest BCUT2D eigenvalue weighted by Gasteiger charge is 2.20. The van der Waals surface area contributed by atoms with Crippen molar-refractivity contribution in [1.29, 1.82) is 0 Å². The van der Waals surface area contributed by atoms with Gasteiger partial charge in [0, 0.05) is 24.5 Å². The Morgan fingerprint density at radius 3 is 2.88 bits per heavy atom. The Bertz CT molecular complexity index is 679. The summed E-state index contributed by atoms with van der Waals surface area (Å²) >= 11 is 0. The first kappa shape index (κ1) is 17.8. The van der Waals surface area contributed by atoms with Crippen molar-refractivity contribution in [3.05, 3.63) is 36.1 Å². The Kier molecular flexibility index (Phi) is 5.63. The fourth-order valence-electron chi connectivity index (χ4n) is 3.63. The molecule has 3 atom stereocenters. The summed E-state index contributed by atoms with van der Waals surface area (Å²) in [4.78, 5) is 14.7. The number of urea groups is 1. The number of fused-ring (bicyclic) bond motifs is 1. The molecule has 1 aromatic carbocycles. The van der Waals surface area contributed by atoms with E-state index in [1.165, 1.54) is 12.8 Å². The van der Waals surface area contributed by atoms with Gasteiger partial charge in [-0.2, -0.15) is 0 Å². The van der Waals surface area contributed by atoms with Gasteiger partial charge in [-0.15, -0.1) is 0 Å². The van der Waals surface area contributed by atoms with E-state index in [1.54, 1.807) is 0 Å². The van der Waals surface area contributed by atoms with Gasteiger partial charge in [-0.3, -0.25) is 0 Å². The van der Waals surface area contributed by atoms with Crippen molar-refractivity contribution in [2.75, 3.05) is 19.6 Å². The average Bonchev–Trinajstić information content (AvgIpc) is 2.98. The van der Waals surface area contributed by atoms with Gasteiger partial charge < -0.3 is 20.0 Å². The van der Waals surface area contributed by atoms with Crippen molar-refractivity contribution in [3.8, 4) is 0 Å². The van der Waals surface area contributed by atoms with Gasteiger partial charge in [0.1, 0.15) is 11.3 Å². The number of amides is 2. The molecule has 136 valence electrons. The summed E-state index contributed by atoms with van der Waals surface area (Å²) in [6, 6.07) is 9.66. The first-order valence-corrected chi connectivity index (χ1v) is 9.29. The zero-order valence-corrected chi connectivity index (χ0v) is 15.4. The molecule has 1 saturated heterocycles. The number of likely N-dealkylation sites (tertiary alicyclic amines) is 1. The molecule has 1 aliphatic heterocycles. The molecule has 0 radical (unpaired) electrons. The van der Waals surface area contributed by atoms with Gasteiger partial charge in [0.15, 0.2) is 0 Å². The largest absolute Gasteiger partial charge is 0.459 e. The average molecular weight is 343 g/mol. The Hall–Kier alpha value is -2.01. The van der Waals surface area contributed by atoms with E-state index in [2.05, 4.69) is 29.4 Å². The second-order valence-corrected chi connectivity index (χ2v) is 7.43. The highest BCUT2D eigenvalue weighted by Crippen LogP contribution is 2.23. The SMILES string of the molecule is CC1CCCN(CC(C)NC(=O)NC(C)c2cc3ccccc3o2)C1. The van der Waals surface area contributed by atoms with Crippen molar-refractivity contribution < 1.29 is 9.21 Å². The Balaban J connectivity index is 1.49. The molecule has 0 saturated carbocycles. The van der Waals surface area contributed by atoms with Gasteiger partial charge >= 0.3 is 6.03 Å².